The van der Waals surface area contributed by atoms with Crippen molar-refractivity contribution in [3.8, 4) is 0 Å². The zero-order chi connectivity index (χ0) is 12.2. The van der Waals surface area contributed by atoms with Crippen molar-refractivity contribution in [2.24, 2.45) is 0 Å². The molecule has 0 radical (unpaired) electrons. The summed E-state index contributed by atoms with van der Waals surface area (Å²) in [5.41, 5.74) is -0.301. The van der Waals surface area contributed by atoms with E-state index in [1.165, 1.54) is 24.3 Å². The molecule has 0 saturated carbocycles. The number of halogens is 5. The second-order valence-corrected chi connectivity index (χ2v) is 3.29. The van der Waals surface area contributed by atoms with E-state index in [0.29, 0.717) is 0 Å². The fraction of sp³-hybridized carbons (Fsp3) is 0.400. The third kappa shape index (κ3) is 4.14. The summed E-state index contributed by atoms with van der Waals surface area (Å²) in [6.07, 6.45) is -4.48. The van der Waals surface area contributed by atoms with Crippen LogP contribution in [0.25, 0.3) is 0 Å². The molecule has 1 N–H and O–H groups in total. The third-order valence-electron chi connectivity index (χ3n) is 1.87. The second-order valence-electron chi connectivity index (χ2n) is 3.29. The van der Waals surface area contributed by atoms with Gasteiger partial charge in [-0.25, -0.2) is 0 Å². The molecular formula is C10H10F5N. The Bertz CT molecular complexity index is 320. The Labute approximate surface area is 89.3 Å². The lowest BCUT2D eigenvalue weighted by Gasteiger charge is -2.18. The first-order valence-electron chi connectivity index (χ1n) is 4.52. The average Bonchev–Trinajstić information content (AvgIpc) is 2.17. The van der Waals surface area contributed by atoms with E-state index in [0.717, 1.165) is 0 Å². The van der Waals surface area contributed by atoms with Crippen molar-refractivity contribution in [2.75, 3.05) is 13.1 Å². The highest BCUT2D eigenvalue weighted by Crippen LogP contribution is 2.26. The van der Waals surface area contributed by atoms with Crippen molar-refractivity contribution in [1.82, 2.24) is 5.32 Å². The Morgan fingerprint density at radius 1 is 0.875 bits per heavy atom. The van der Waals surface area contributed by atoms with Crippen molar-refractivity contribution < 1.29 is 22.0 Å². The summed E-state index contributed by atoms with van der Waals surface area (Å²) >= 11 is 0. The summed E-state index contributed by atoms with van der Waals surface area (Å²) in [5, 5.41) is 1.69. The minimum Gasteiger partial charge on any atom is -0.303 e. The van der Waals surface area contributed by atoms with Gasteiger partial charge in [0.05, 0.1) is 13.1 Å². The van der Waals surface area contributed by atoms with Crippen LogP contribution in [-0.2, 0) is 5.92 Å². The van der Waals surface area contributed by atoms with Crippen LogP contribution in [0.3, 0.4) is 0 Å². The van der Waals surface area contributed by atoms with Gasteiger partial charge in [-0.05, 0) is 0 Å². The maximum Gasteiger partial charge on any atom is 0.401 e. The summed E-state index contributed by atoms with van der Waals surface area (Å²) in [5.74, 6) is -3.30. The molecule has 1 aromatic carbocycles. The van der Waals surface area contributed by atoms with Gasteiger partial charge in [0.2, 0.25) is 0 Å². The van der Waals surface area contributed by atoms with Gasteiger partial charge in [-0.2, -0.15) is 22.0 Å². The molecule has 0 atom stereocenters. The Balaban J connectivity index is 2.53. The zero-order valence-electron chi connectivity index (χ0n) is 8.19. The monoisotopic (exact) mass is 239 g/mol. The van der Waals surface area contributed by atoms with Gasteiger partial charge in [0, 0.05) is 5.56 Å². The molecular weight excluding hydrogens is 229 g/mol. The van der Waals surface area contributed by atoms with Crippen LogP contribution in [-0.4, -0.2) is 19.3 Å². The predicted molar refractivity (Wildman–Crippen MR) is 49.3 cm³/mol. The SMILES string of the molecule is FC(F)(F)CNCC(F)(F)c1ccccc1. The quantitative estimate of drug-likeness (QED) is 0.796. The van der Waals surface area contributed by atoms with Crippen LogP contribution < -0.4 is 5.32 Å². The molecule has 0 aromatic heterocycles. The molecule has 0 amide bonds. The second kappa shape index (κ2) is 4.78. The predicted octanol–water partition coefficient (Wildman–Crippen LogP) is 2.93. The highest BCUT2D eigenvalue weighted by Gasteiger charge is 2.33. The number of nitrogens with one attached hydrogen (secondary N) is 1. The molecule has 0 unspecified atom stereocenters. The molecule has 6 heteroatoms. The number of hydrogen-bond acceptors (Lipinski definition) is 1. The highest BCUT2D eigenvalue weighted by atomic mass is 19.4. The largest absolute Gasteiger partial charge is 0.401 e. The Hall–Kier alpha value is -1.17. The number of benzene rings is 1. The van der Waals surface area contributed by atoms with Crippen LogP contribution in [0.4, 0.5) is 22.0 Å². The lowest BCUT2D eigenvalue weighted by atomic mass is 10.1. The summed E-state index contributed by atoms with van der Waals surface area (Å²) < 4.78 is 61.8. The van der Waals surface area contributed by atoms with Gasteiger partial charge in [0.25, 0.3) is 5.92 Å². The summed E-state index contributed by atoms with van der Waals surface area (Å²) in [6.45, 7) is -2.45. The molecule has 1 aromatic rings. The van der Waals surface area contributed by atoms with Crippen molar-refractivity contribution in [3.63, 3.8) is 0 Å². The van der Waals surface area contributed by atoms with Gasteiger partial charge in [-0.15, -0.1) is 0 Å². The normalized spacial score (nSPS) is 12.8. The molecule has 1 rings (SSSR count). The van der Waals surface area contributed by atoms with E-state index in [1.54, 1.807) is 11.4 Å². The Morgan fingerprint density at radius 3 is 1.94 bits per heavy atom. The fourth-order valence-electron chi connectivity index (χ4n) is 1.15. The van der Waals surface area contributed by atoms with Crippen LogP contribution in [0.1, 0.15) is 5.56 Å². The van der Waals surface area contributed by atoms with Gasteiger partial charge in [0.1, 0.15) is 0 Å². The zero-order valence-corrected chi connectivity index (χ0v) is 8.19. The highest BCUT2D eigenvalue weighted by molar-refractivity contribution is 5.20. The molecule has 0 aliphatic carbocycles. The van der Waals surface area contributed by atoms with E-state index in [2.05, 4.69) is 0 Å². The molecule has 0 fully saturated rings. The number of alkyl halides is 5. The maximum absolute atomic E-state index is 13.3. The summed E-state index contributed by atoms with van der Waals surface area (Å²) in [6, 6.07) is 6.73. The topological polar surface area (TPSA) is 12.0 Å². The van der Waals surface area contributed by atoms with E-state index < -0.39 is 25.2 Å². The molecule has 0 heterocycles. The van der Waals surface area contributed by atoms with E-state index in [9.17, 15) is 22.0 Å². The standard InChI is InChI=1S/C10H10F5N/c11-9(12,6-16-7-10(13,14)15)8-4-2-1-3-5-8/h1-5,16H,6-7H2. The lowest BCUT2D eigenvalue weighted by Crippen LogP contribution is -2.36. The van der Waals surface area contributed by atoms with Crippen molar-refractivity contribution in [2.45, 2.75) is 12.1 Å². The molecule has 0 spiro atoms. The van der Waals surface area contributed by atoms with Gasteiger partial charge in [-0.1, -0.05) is 30.3 Å². The third-order valence-corrected chi connectivity index (χ3v) is 1.87. The Morgan fingerprint density at radius 2 is 1.44 bits per heavy atom. The van der Waals surface area contributed by atoms with E-state index in [1.807, 2.05) is 0 Å². The molecule has 1 nitrogen and oxygen atoms in total. The smallest absolute Gasteiger partial charge is 0.303 e. The van der Waals surface area contributed by atoms with Gasteiger partial charge in [0.15, 0.2) is 0 Å². The number of hydrogen-bond donors (Lipinski definition) is 1. The minimum atomic E-state index is -4.48. The van der Waals surface area contributed by atoms with Crippen molar-refractivity contribution >= 4 is 0 Å². The van der Waals surface area contributed by atoms with Crippen molar-refractivity contribution in [1.29, 1.82) is 0 Å². The van der Waals surface area contributed by atoms with Crippen LogP contribution in [0.15, 0.2) is 30.3 Å². The van der Waals surface area contributed by atoms with Crippen molar-refractivity contribution in [3.05, 3.63) is 35.9 Å². The average molecular weight is 239 g/mol. The first-order valence-corrected chi connectivity index (χ1v) is 4.52. The van der Waals surface area contributed by atoms with Crippen LogP contribution in [0, 0.1) is 0 Å². The van der Waals surface area contributed by atoms with Crippen LogP contribution in [0.2, 0.25) is 0 Å². The molecule has 0 bridgehead atoms. The van der Waals surface area contributed by atoms with E-state index in [4.69, 9.17) is 0 Å². The molecule has 16 heavy (non-hydrogen) atoms. The lowest BCUT2D eigenvalue weighted by molar-refractivity contribution is -0.128. The van der Waals surface area contributed by atoms with E-state index in [-0.39, 0.29) is 5.56 Å². The summed E-state index contributed by atoms with van der Waals surface area (Å²) in [7, 11) is 0. The Kier molecular flexibility index (Phi) is 3.85. The van der Waals surface area contributed by atoms with Crippen LogP contribution in [0.5, 0.6) is 0 Å². The maximum atomic E-state index is 13.3. The number of rotatable bonds is 4. The van der Waals surface area contributed by atoms with Gasteiger partial charge in [-0.3, -0.25) is 0 Å². The molecule has 0 aliphatic heterocycles. The van der Waals surface area contributed by atoms with E-state index >= 15 is 0 Å². The fourth-order valence-corrected chi connectivity index (χ4v) is 1.15. The first-order chi connectivity index (χ1) is 7.31. The minimum absolute atomic E-state index is 0.301. The van der Waals surface area contributed by atoms with Gasteiger partial charge < -0.3 is 5.32 Å². The molecule has 90 valence electrons. The van der Waals surface area contributed by atoms with Crippen LogP contribution >= 0.6 is 0 Å². The first kappa shape index (κ1) is 12.9. The molecule has 0 aliphatic rings. The summed E-state index contributed by atoms with van der Waals surface area (Å²) in [4.78, 5) is 0. The molecule has 0 saturated heterocycles. The van der Waals surface area contributed by atoms with Gasteiger partial charge >= 0.3 is 6.18 Å².